The van der Waals surface area contributed by atoms with E-state index >= 15 is 0 Å². The highest BCUT2D eigenvalue weighted by atomic mass is 16.5. The van der Waals surface area contributed by atoms with Crippen molar-refractivity contribution in [2.24, 2.45) is 23.7 Å². The quantitative estimate of drug-likeness (QED) is 0.671. The molecule has 144 valence electrons. The minimum atomic E-state index is -0.143. The maximum atomic E-state index is 12.4. The van der Waals surface area contributed by atoms with Crippen LogP contribution in [0.2, 0.25) is 0 Å². The highest BCUT2D eigenvalue weighted by Gasteiger charge is 2.29. The molecule has 0 spiro atoms. The van der Waals surface area contributed by atoms with Crippen molar-refractivity contribution < 1.29 is 9.53 Å². The lowest BCUT2D eigenvalue weighted by Crippen LogP contribution is -2.27. The van der Waals surface area contributed by atoms with Crippen molar-refractivity contribution >= 4 is 11.5 Å². The maximum absolute atomic E-state index is 12.4. The standard InChI is InChI=1S/C23H30N2O2/c1-15(2)18-7-9-19(10-8-18)23(26)27-21-13-24-22(25-14-21)20-6-5-16(3)11-17(4)12-20/h5-6,11-15,17-19H,7-10H2,1-4H3. The van der Waals surface area contributed by atoms with Crippen molar-refractivity contribution in [2.45, 2.75) is 53.4 Å². The summed E-state index contributed by atoms with van der Waals surface area (Å²) in [7, 11) is 0. The van der Waals surface area contributed by atoms with Crippen LogP contribution < -0.4 is 4.74 Å². The number of hydrogen-bond acceptors (Lipinski definition) is 4. The van der Waals surface area contributed by atoms with E-state index in [1.54, 1.807) is 12.4 Å². The van der Waals surface area contributed by atoms with Crippen LogP contribution in [0.25, 0.3) is 5.57 Å². The Balaban J connectivity index is 1.60. The highest BCUT2D eigenvalue weighted by Crippen LogP contribution is 2.34. The van der Waals surface area contributed by atoms with Gasteiger partial charge in [-0.05, 0) is 50.4 Å². The van der Waals surface area contributed by atoms with Crippen molar-refractivity contribution in [3.63, 3.8) is 0 Å². The number of aromatic nitrogens is 2. The average molecular weight is 367 g/mol. The van der Waals surface area contributed by atoms with E-state index in [9.17, 15) is 4.79 Å². The second kappa shape index (κ2) is 8.64. The predicted octanol–water partition coefficient (Wildman–Crippen LogP) is 5.38. The van der Waals surface area contributed by atoms with Gasteiger partial charge >= 0.3 is 5.97 Å². The van der Waals surface area contributed by atoms with Crippen molar-refractivity contribution in [3.05, 3.63) is 48.1 Å². The fourth-order valence-electron chi connectivity index (χ4n) is 3.97. The lowest BCUT2D eigenvalue weighted by molar-refractivity contribution is -0.140. The third-order valence-corrected chi connectivity index (χ3v) is 5.65. The molecule has 0 amide bonds. The Morgan fingerprint density at radius 3 is 2.37 bits per heavy atom. The molecule has 0 saturated heterocycles. The van der Waals surface area contributed by atoms with Crippen LogP contribution in [0.1, 0.15) is 59.2 Å². The summed E-state index contributed by atoms with van der Waals surface area (Å²) in [4.78, 5) is 21.3. The van der Waals surface area contributed by atoms with E-state index < -0.39 is 0 Å². The van der Waals surface area contributed by atoms with Gasteiger partial charge in [0.05, 0.1) is 18.3 Å². The van der Waals surface area contributed by atoms with Crippen LogP contribution in [-0.2, 0) is 4.79 Å². The number of allylic oxidation sites excluding steroid dienone is 6. The first-order valence-electron chi connectivity index (χ1n) is 10.0. The Bertz CT molecular complexity index is 751. The zero-order valence-electron chi connectivity index (χ0n) is 16.8. The molecule has 0 radical (unpaired) electrons. The minimum Gasteiger partial charge on any atom is -0.423 e. The van der Waals surface area contributed by atoms with Crippen LogP contribution in [0.15, 0.2) is 42.3 Å². The van der Waals surface area contributed by atoms with E-state index in [1.807, 2.05) is 6.08 Å². The molecule has 4 heteroatoms. The van der Waals surface area contributed by atoms with Gasteiger partial charge in [-0.1, -0.05) is 50.6 Å². The SMILES string of the molecule is CC1=CC(C)C=C(c2ncc(OC(=O)C3CCC(C(C)C)CC3)cn2)C=C1. The minimum absolute atomic E-state index is 0.00192. The number of carbonyl (C=O) groups excluding carboxylic acids is 1. The molecule has 27 heavy (non-hydrogen) atoms. The molecule has 0 bridgehead atoms. The smallest absolute Gasteiger partial charge is 0.314 e. The average Bonchev–Trinajstić information content (AvgIpc) is 2.82. The molecule has 1 unspecified atom stereocenters. The van der Waals surface area contributed by atoms with E-state index in [0.717, 1.165) is 37.2 Å². The lowest BCUT2D eigenvalue weighted by Gasteiger charge is -2.29. The molecule has 1 aromatic rings. The number of rotatable bonds is 4. The first kappa shape index (κ1) is 19.5. The molecular weight excluding hydrogens is 336 g/mol. The van der Waals surface area contributed by atoms with Crippen molar-refractivity contribution in [3.8, 4) is 5.75 Å². The number of nitrogens with zero attached hydrogens (tertiary/aromatic N) is 2. The molecule has 3 rings (SSSR count). The van der Waals surface area contributed by atoms with Crippen LogP contribution in [0, 0.1) is 23.7 Å². The summed E-state index contributed by atoms with van der Waals surface area (Å²) in [6.07, 6.45) is 15.7. The molecule has 0 aromatic carbocycles. The van der Waals surface area contributed by atoms with E-state index in [1.165, 1.54) is 5.57 Å². The summed E-state index contributed by atoms with van der Waals surface area (Å²) >= 11 is 0. The van der Waals surface area contributed by atoms with Gasteiger partial charge in [0.15, 0.2) is 11.6 Å². The first-order chi connectivity index (χ1) is 12.9. The summed E-state index contributed by atoms with van der Waals surface area (Å²) in [5.41, 5.74) is 2.21. The van der Waals surface area contributed by atoms with E-state index in [4.69, 9.17) is 4.74 Å². The van der Waals surface area contributed by atoms with Crippen LogP contribution in [-0.4, -0.2) is 15.9 Å². The van der Waals surface area contributed by atoms with Crippen LogP contribution in [0.5, 0.6) is 5.75 Å². The van der Waals surface area contributed by atoms with Gasteiger partial charge in [0.25, 0.3) is 0 Å². The van der Waals surface area contributed by atoms with Crippen LogP contribution in [0.3, 0.4) is 0 Å². The summed E-state index contributed by atoms with van der Waals surface area (Å²) < 4.78 is 5.54. The second-order valence-electron chi connectivity index (χ2n) is 8.24. The largest absolute Gasteiger partial charge is 0.423 e. The lowest BCUT2D eigenvalue weighted by atomic mass is 9.77. The van der Waals surface area contributed by atoms with E-state index in [0.29, 0.717) is 23.4 Å². The van der Waals surface area contributed by atoms with Crippen LogP contribution in [0.4, 0.5) is 0 Å². The van der Waals surface area contributed by atoms with Gasteiger partial charge in [0.1, 0.15) is 0 Å². The normalized spacial score (nSPS) is 25.6. The van der Waals surface area contributed by atoms with Gasteiger partial charge in [0, 0.05) is 5.57 Å². The topological polar surface area (TPSA) is 52.1 Å². The molecule has 1 fully saturated rings. The molecular formula is C23H30N2O2. The monoisotopic (exact) mass is 366 g/mol. The fourth-order valence-corrected chi connectivity index (χ4v) is 3.97. The van der Waals surface area contributed by atoms with Gasteiger partial charge in [-0.3, -0.25) is 4.79 Å². The second-order valence-corrected chi connectivity index (χ2v) is 8.24. The summed E-state index contributed by atoms with van der Waals surface area (Å²) in [5.74, 6) is 2.69. The summed E-state index contributed by atoms with van der Waals surface area (Å²) in [5, 5.41) is 0. The summed E-state index contributed by atoms with van der Waals surface area (Å²) in [6, 6.07) is 0. The molecule has 2 aliphatic rings. The van der Waals surface area contributed by atoms with E-state index in [-0.39, 0.29) is 11.9 Å². The van der Waals surface area contributed by atoms with Gasteiger partial charge in [-0.15, -0.1) is 0 Å². The highest BCUT2D eigenvalue weighted by molar-refractivity contribution is 5.75. The van der Waals surface area contributed by atoms with Gasteiger partial charge in [0.2, 0.25) is 0 Å². The zero-order valence-corrected chi connectivity index (χ0v) is 16.8. The van der Waals surface area contributed by atoms with Crippen molar-refractivity contribution in [1.29, 1.82) is 0 Å². The fraction of sp³-hybridized carbons (Fsp3) is 0.522. The number of hydrogen-bond donors (Lipinski definition) is 0. The molecule has 0 N–H and O–H groups in total. The van der Waals surface area contributed by atoms with Gasteiger partial charge < -0.3 is 4.74 Å². The third kappa shape index (κ3) is 5.15. The Labute approximate surface area is 162 Å². The molecule has 2 aliphatic carbocycles. The Morgan fingerprint density at radius 2 is 1.74 bits per heavy atom. The molecule has 1 heterocycles. The summed E-state index contributed by atoms with van der Waals surface area (Å²) in [6.45, 7) is 8.75. The third-order valence-electron chi connectivity index (χ3n) is 5.65. The first-order valence-corrected chi connectivity index (χ1v) is 10.0. The van der Waals surface area contributed by atoms with Crippen molar-refractivity contribution in [2.75, 3.05) is 0 Å². The molecule has 1 saturated carbocycles. The Hall–Kier alpha value is -2.23. The molecule has 1 atom stereocenters. The molecule has 0 aliphatic heterocycles. The number of carbonyl (C=O) groups is 1. The number of esters is 1. The Kier molecular flexibility index (Phi) is 6.25. The van der Waals surface area contributed by atoms with Gasteiger partial charge in [-0.2, -0.15) is 0 Å². The van der Waals surface area contributed by atoms with Crippen LogP contribution >= 0.6 is 0 Å². The molecule has 1 aromatic heterocycles. The predicted molar refractivity (Wildman–Crippen MR) is 108 cm³/mol. The zero-order chi connectivity index (χ0) is 19.4. The Morgan fingerprint density at radius 1 is 1.07 bits per heavy atom. The van der Waals surface area contributed by atoms with Gasteiger partial charge in [-0.25, -0.2) is 9.97 Å². The number of ether oxygens (including phenoxy) is 1. The van der Waals surface area contributed by atoms with Crippen molar-refractivity contribution in [1.82, 2.24) is 9.97 Å². The molecule has 4 nitrogen and oxygen atoms in total. The maximum Gasteiger partial charge on any atom is 0.314 e. The van der Waals surface area contributed by atoms with E-state index in [2.05, 4.69) is 55.9 Å².